The van der Waals surface area contributed by atoms with Gasteiger partial charge in [-0.25, -0.2) is 0 Å². The number of nitrogens with one attached hydrogen (secondary N) is 1. The van der Waals surface area contributed by atoms with Gasteiger partial charge in [-0.1, -0.05) is 23.2 Å². The fourth-order valence-corrected chi connectivity index (χ4v) is 4.29. The summed E-state index contributed by atoms with van der Waals surface area (Å²) in [5.41, 5.74) is 3.08. The second-order valence-corrected chi connectivity index (χ2v) is 7.78. The molecule has 3 rings (SSSR count). The average Bonchev–Trinajstić information content (AvgIpc) is 2.70. The molecule has 0 radical (unpaired) electrons. The average molecular weight is 438 g/mol. The van der Waals surface area contributed by atoms with Crippen molar-refractivity contribution in [2.45, 2.75) is 13.8 Å². The molecule has 5 nitrogen and oxygen atoms in total. The van der Waals surface area contributed by atoms with E-state index in [0.717, 1.165) is 55.8 Å². The lowest BCUT2D eigenvalue weighted by Crippen LogP contribution is -2.50. The summed E-state index contributed by atoms with van der Waals surface area (Å²) < 4.78 is 0. The molecule has 1 fully saturated rings. The van der Waals surface area contributed by atoms with E-state index in [-0.39, 0.29) is 0 Å². The highest BCUT2D eigenvalue weighted by atomic mass is 35.5. The van der Waals surface area contributed by atoms with Crippen molar-refractivity contribution in [2.75, 3.05) is 54.4 Å². The van der Waals surface area contributed by atoms with Gasteiger partial charge in [0.2, 0.25) is 0 Å². The summed E-state index contributed by atoms with van der Waals surface area (Å²) in [6.45, 7) is 9.53. The van der Waals surface area contributed by atoms with E-state index in [1.165, 1.54) is 5.69 Å². The molecule has 1 saturated heterocycles. The molecule has 0 bridgehead atoms. The molecule has 1 aliphatic rings. The zero-order valence-electron chi connectivity index (χ0n) is 16.2. The summed E-state index contributed by atoms with van der Waals surface area (Å²) in [6.07, 6.45) is 3.26. The molecule has 8 heteroatoms. The van der Waals surface area contributed by atoms with Gasteiger partial charge in [0.05, 0.1) is 15.7 Å². The van der Waals surface area contributed by atoms with Crippen molar-refractivity contribution >= 4 is 57.6 Å². The summed E-state index contributed by atoms with van der Waals surface area (Å²) in [7, 11) is 0. The fraction of sp³-hybridized carbons (Fsp3) is 0.400. The third kappa shape index (κ3) is 4.80. The van der Waals surface area contributed by atoms with Gasteiger partial charge in [-0.2, -0.15) is 0 Å². The molecule has 0 spiro atoms. The van der Waals surface area contributed by atoms with E-state index in [4.69, 9.17) is 35.4 Å². The van der Waals surface area contributed by atoms with Gasteiger partial charge in [-0.3, -0.25) is 4.98 Å². The normalized spacial score (nSPS) is 14.1. The van der Waals surface area contributed by atoms with E-state index >= 15 is 0 Å². The van der Waals surface area contributed by atoms with Gasteiger partial charge >= 0.3 is 0 Å². The predicted molar refractivity (Wildman–Crippen MR) is 124 cm³/mol. The highest BCUT2D eigenvalue weighted by molar-refractivity contribution is 7.80. The molecule has 0 saturated carbocycles. The van der Waals surface area contributed by atoms with Crippen molar-refractivity contribution in [3.8, 4) is 0 Å². The minimum Gasteiger partial charge on any atom is -0.372 e. The Hall–Kier alpha value is -1.76. The van der Waals surface area contributed by atoms with Crippen LogP contribution in [0.3, 0.4) is 0 Å². The largest absolute Gasteiger partial charge is 0.372 e. The molecular weight excluding hydrogens is 413 g/mol. The van der Waals surface area contributed by atoms with Crippen molar-refractivity contribution in [3.05, 3.63) is 46.7 Å². The molecule has 1 N–H and O–H groups in total. The Bertz CT molecular complexity index is 782. The Balaban J connectivity index is 1.57. The van der Waals surface area contributed by atoms with Gasteiger partial charge < -0.3 is 20.0 Å². The number of halogens is 2. The number of thiocarbonyl (C=S) groups is 1. The van der Waals surface area contributed by atoms with Gasteiger partial charge in [0.1, 0.15) is 0 Å². The highest BCUT2D eigenvalue weighted by Gasteiger charge is 2.22. The van der Waals surface area contributed by atoms with Crippen LogP contribution in [0, 0.1) is 0 Å². The topological polar surface area (TPSA) is 34.6 Å². The fourth-order valence-electron chi connectivity index (χ4n) is 3.39. The minimum atomic E-state index is 0.579. The first-order valence-corrected chi connectivity index (χ1v) is 10.6. The molecular formula is C20H25Cl2N5S. The molecule has 1 aliphatic heterocycles. The molecule has 2 heterocycles. The van der Waals surface area contributed by atoms with Crippen LogP contribution in [0.15, 0.2) is 36.7 Å². The lowest BCUT2D eigenvalue weighted by atomic mass is 10.2. The van der Waals surface area contributed by atoms with Gasteiger partial charge in [0, 0.05) is 63.0 Å². The number of rotatable bonds is 5. The van der Waals surface area contributed by atoms with Crippen molar-refractivity contribution in [2.24, 2.45) is 0 Å². The number of hydrogen-bond acceptors (Lipinski definition) is 4. The third-order valence-corrected chi connectivity index (χ3v) is 5.87. The second-order valence-electron chi connectivity index (χ2n) is 6.58. The SMILES string of the molecule is CCN(CC)c1ccc(NC(=S)N2CCN(c3c(Cl)cncc3Cl)CC2)cc1. The molecule has 150 valence electrons. The summed E-state index contributed by atoms with van der Waals surface area (Å²) in [6, 6.07) is 8.41. The predicted octanol–water partition coefficient (Wildman–Crippen LogP) is 4.75. The number of hydrogen-bond donors (Lipinski definition) is 1. The molecule has 0 atom stereocenters. The van der Waals surface area contributed by atoms with Crippen molar-refractivity contribution in [3.63, 3.8) is 0 Å². The van der Waals surface area contributed by atoms with Crippen LogP contribution in [0.2, 0.25) is 10.0 Å². The highest BCUT2D eigenvalue weighted by Crippen LogP contribution is 2.33. The molecule has 28 heavy (non-hydrogen) atoms. The standard InChI is InChI=1S/C20H25Cl2N5S/c1-3-25(4-2)16-7-5-15(6-8-16)24-20(28)27-11-9-26(10-12-27)19-17(21)13-23-14-18(19)22/h5-8,13-14H,3-4,9-12H2,1-2H3,(H,24,28). The smallest absolute Gasteiger partial charge is 0.173 e. The van der Waals surface area contributed by atoms with E-state index in [1.54, 1.807) is 12.4 Å². The maximum absolute atomic E-state index is 6.28. The number of nitrogens with zero attached hydrogens (tertiary/aromatic N) is 4. The lowest BCUT2D eigenvalue weighted by molar-refractivity contribution is 0.391. The Morgan fingerprint density at radius 2 is 1.61 bits per heavy atom. The van der Waals surface area contributed by atoms with Gasteiger partial charge in [-0.15, -0.1) is 0 Å². The van der Waals surface area contributed by atoms with Crippen LogP contribution in [0.25, 0.3) is 0 Å². The first-order valence-electron chi connectivity index (χ1n) is 9.48. The number of pyridine rings is 1. The second kappa shape index (κ2) is 9.63. The van der Waals surface area contributed by atoms with Crippen LogP contribution in [-0.2, 0) is 0 Å². The lowest BCUT2D eigenvalue weighted by Gasteiger charge is -2.38. The first-order chi connectivity index (χ1) is 13.5. The molecule has 1 aromatic carbocycles. The van der Waals surface area contributed by atoms with Crippen molar-refractivity contribution < 1.29 is 0 Å². The van der Waals surface area contributed by atoms with Crippen LogP contribution < -0.4 is 15.1 Å². The zero-order chi connectivity index (χ0) is 20.1. The van der Waals surface area contributed by atoms with E-state index in [9.17, 15) is 0 Å². The number of aromatic nitrogens is 1. The van der Waals surface area contributed by atoms with Crippen molar-refractivity contribution in [1.29, 1.82) is 0 Å². The summed E-state index contributed by atoms with van der Waals surface area (Å²) in [5, 5.41) is 5.24. The molecule has 0 amide bonds. The summed E-state index contributed by atoms with van der Waals surface area (Å²) >= 11 is 18.2. The van der Waals surface area contributed by atoms with Gasteiger partial charge in [0.25, 0.3) is 0 Å². The maximum atomic E-state index is 6.28. The zero-order valence-corrected chi connectivity index (χ0v) is 18.5. The maximum Gasteiger partial charge on any atom is 0.173 e. The van der Waals surface area contributed by atoms with E-state index in [0.29, 0.717) is 10.0 Å². The van der Waals surface area contributed by atoms with E-state index < -0.39 is 0 Å². The van der Waals surface area contributed by atoms with Crippen LogP contribution >= 0.6 is 35.4 Å². The minimum absolute atomic E-state index is 0.579. The Labute approximate surface area is 182 Å². The number of anilines is 3. The van der Waals surface area contributed by atoms with Crippen LogP contribution in [0.4, 0.5) is 17.1 Å². The van der Waals surface area contributed by atoms with Gasteiger partial charge in [0.15, 0.2) is 5.11 Å². The number of piperazine rings is 1. The Morgan fingerprint density at radius 3 is 2.14 bits per heavy atom. The quantitative estimate of drug-likeness (QED) is 0.679. The Kier molecular flexibility index (Phi) is 7.21. The van der Waals surface area contributed by atoms with Crippen LogP contribution in [0.1, 0.15) is 13.8 Å². The molecule has 0 aliphatic carbocycles. The molecule has 2 aromatic rings. The third-order valence-electron chi connectivity index (χ3n) is 4.96. The summed E-state index contributed by atoms with van der Waals surface area (Å²) in [4.78, 5) is 10.7. The first kappa shape index (κ1) is 21.0. The molecule has 0 unspecified atom stereocenters. The molecule has 1 aromatic heterocycles. The van der Waals surface area contributed by atoms with E-state index in [1.807, 2.05) is 0 Å². The van der Waals surface area contributed by atoms with Gasteiger partial charge in [-0.05, 0) is 50.3 Å². The van der Waals surface area contributed by atoms with E-state index in [2.05, 4.69) is 63.1 Å². The van der Waals surface area contributed by atoms with Crippen LogP contribution in [0.5, 0.6) is 0 Å². The summed E-state index contributed by atoms with van der Waals surface area (Å²) in [5.74, 6) is 0. The number of benzene rings is 1. The Morgan fingerprint density at radius 1 is 1.04 bits per heavy atom. The van der Waals surface area contributed by atoms with Crippen molar-refractivity contribution in [1.82, 2.24) is 9.88 Å². The monoisotopic (exact) mass is 437 g/mol. The van der Waals surface area contributed by atoms with Crippen LogP contribution in [-0.4, -0.2) is 54.3 Å².